The minimum Gasteiger partial charge on any atom is -0.444 e. The molecule has 2 aromatic rings. The number of amides is 1. The number of hydrogen-bond acceptors (Lipinski definition) is 4. The molecule has 1 amide bonds. The summed E-state index contributed by atoms with van der Waals surface area (Å²) in [6.45, 7) is 4.23. The highest BCUT2D eigenvalue weighted by atomic mass is 35.5. The maximum Gasteiger partial charge on any atom is 0.226 e. The summed E-state index contributed by atoms with van der Waals surface area (Å²) < 4.78 is 5.45. The minimum atomic E-state index is 0. The van der Waals surface area contributed by atoms with Crippen LogP contribution in [0.2, 0.25) is 0 Å². The third kappa shape index (κ3) is 3.67. The van der Waals surface area contributed by atoms with E-state index in [1.165, 1.54) is 0 Å². The average molecular weight is 322 g/mol. The molecular formula is C16H20ClN3O2. The van der Waals surface area contributed by atoms with Gasteiger partial charge in [-0.05, 0) is 31.1 Å². The van der Waals surface area contributed by atoms with Crippen LogP contribution in [0.15, 0.2) is 41.0 Å². The van der Waals surface area contributed by atoms with E-state index in [0.29, 0.717) is 18.4 Å². The van der Waals surface area contributed by atoms with E-state index in [1.807, 2.05) is 37.3 Å². The van der Waals surface area contributed by atoms with Crippen LogP contribution in [0.5, 0.6) is 0 Å². The van der Waals surface area contributed by atoms with Gasteiger partial charge in [-0.25, -0.2) is 4.98 Å². The van der Waals surface area contributed by atoms with Gasteiger partial charge in [-0.2, -0.15) is 0 Å². The van der Waals surface area contributed by atoms with Crippen LogP contribution in [0.1, 0.15) is 12.6 Å². The monoisotopic (exact) mass is 321 g/mol. The molecule has 1 saturated heterocycles. The lowest BCUT2D eigenvalue weighted by Crippen LogP contribution is -2.49. The predicted molar refractivity (Wildman–Crippen MR) is 86.6 cm³/mol. The first-order chi connectivity index (χ1) is 10.2. The van der Waals surface area contributed by atoms with E-state index in [2.05, 4.69) is 15.6 Å². The van der Waals surface area contributed by atoms with E-state index in [4.69, 9.17) is 4.42 Å². The van der Waals surface area contributed by atoms with Crippen molar-refractivity contribution < 1.29 is 9.21 Å². The van der Waals surface area contributed by atoms with Crippen molar-refractivity contribution in [3.63, 3.8) is 0 Å². The van der Waals surface area contributed by atoms with Crippen LogP contribution in [0.25, 0.3) is 11.5 Å². The van der Waals surface area contributed by atoms with Crippen molar-refractivity contribution in [2.24, 2.45) is 11.8 Å². The summed E-state index contributed by atoms with van der Waals surface area (Å²) in [4.78, 5) is 16.4. The SMILES string of the molecule is CC(C(=O)NCc1coc(-c2ccccc2)n1)C1CNC1.Cl. The third-order valence-electron chi connectivity index (χ3n) is 3.95. The first-order valence-corrected chi connectivity index (χ1v) is 7.22. The van der Waals surface area contributed by atoms with Crippen LogP contribution < -0.4 is 10.6 Å². The molecule has 1 aliphatic heterocycles. The highest BCUT2D eigenvalue weighted by Gasteiger charge is 2.28. The average Bonchev–Trinajstić information content (AvgIpc) is 2.92. The Bertz CT molecular complexity index is 611. The summed E-state index contributed by atoms with van der Waals surface area (Å²) in [5.41, 5.74) is 1.67. The molecule has 118 valence electrons. The first kappa shape index (κ1) is 16.5. The van der Waals surface area contributed by atoms with Crippen LogP contribution in [0, 0.1) is 11.8 Å². The molecule has 0 aliphatic carbocycles. The summed E-state index contributed by atoms with van der Waals surface area (Å²) in [5, 5.41) is 6.11. The van der Waals surface area contributed by atoms with Gasteiger partial charge in [0.05, 0.1) is 12.2 Å². The van der Waals surface area contributed by atoms with Gasteiger partial charge in [-0.1, -0.05) is 25.1 Å². The van der Waals surface area contributed by atoms with E-state index in [1.54, 1.807) is 6.26 Å². The molecule has 0 bridgehead atoms. The van der Waals surface area contributed by atoms with Crippen molar-refractivity contribution in [3.8, 4) is 11.5 Å². The Morgan fingerprint density at radius 2 is 2.14 bits per heavy atom. The van der Waals surface area contributed by atoms with Crippen LogP contribution >= 0.6 is 12.4 Å². The lowest BCUT2D eigenvalue weighted by molar-refractivity contribution is -0.126. The Hall–Kier alpha value is -1.85. The molecule has 0 spiro atoms. The molecule has 1 aromatic carbocycles. The fraction of sp³-hybridized carbons (Fsp3) is 0.375. The molecular weight excluding hydrogens is 302 g/mol. The molecule has 1 fully saturated rings. The Morgan fingerprint density at radius 1 is 1.41 bits per heavy atom. The van der Waals surface area contributed by atoms with Crippen molar-refractivity contribution in [3.05, 3.63) is 42.3 Å². The van der Waals surface area contributed by atoms with Gasteiger partial charge in [0.2, 0.25) is 11.8 Å². The molecule has 1 aromatic heterocycles. The lowest BCUT2D eigenvalue weighted by Gasteiger charge is -2.31. The highest BCUT2D eigenvalue weighted by molar-refractivity contribution is 5.85. The fourth-order valence-electron chi connectivity index (χ4n) is 2.32. The number of carbonyl (C=O) groups excluding carboxylic acids is 1. The maximum absolute atomic E-state index is 12.0. The summed E-state index contributed by atoms with van der Waals surface area (Å²) >= 11 is 0. The normalized spacial score (nSPS) is 15.5. The number of nitrogens with one attached hydrogen (secondary N) is 2. The molecule has 6 heteroatoms. The fourth-order valence-corrected chi connectivity index (χ4v) is 2.32. The Labute approximate surface area is 135 Å². The Balaban J connectivity index is 0.00000176. The van der Waals surface area contributed by atoms with Crippen molar-refractivity contribution in [1.29, 1.82) is 0 Å². The number of hydrogen-bond donors (Lipinski definition) is 2. The number of oxazole rings is 1. The van der Waals surface area contributed by atoms with Crippen LogP contribution in [0.4, 0.5) is 0 Å². The number of carbonyl (C=O) groups is 1. The second-order valence-corrected chi connectivity index (χ2v) is 5.43. The third-order valence-corrected chi connectivity index (χ3v) is 3.95. The molecule has 0 saturated carbocycles. The molecule has 1 unspecified atom stereocenters. The molecule has 1 aliphatic rings. The summed E-state index contributed by atoms with van der Waals surface area (Å²) in [7, 11) is 0. The quantitative estimate of drug-likeness (QED) is 0.886. The van der Waals surface area contributed by atoms with E-state index < -0.39 is 0 Å². The van der Waals surface area contributed by atoms with Gasteiger partial charge in [-0.3, -0.25) is 4.79 Å². The molecule has 22 heavy (non-hydrogen) atoms. The van der Waals surface area contributed by atoms with Gasteiger partial charge >= 0.3 is 0 Å². The second kappa shape index (κ2) is 7.42. The summed E-state index contributed by atoms with van der Waals surface area (Å²) in [5.74, 6) is 1.13. The number of rotatable bonds is 5. The lowest BCUT2D eigenvalue weighted by atomic mass is 9.88. The topological polar surface area (TPSA) is 67.2 Å². The number of aromatic nitrogens is 1. The zero-order chi connectivity index (χ0) is 14.7. The molecule has 2 N–H and O–H groups in total. The molecule has 3 rings (SSSR count). The smallest absolute Gasteiger partial charge is 0.226 e. The second-order valence-electron chi connectivity index (χ2n) is 5.43. The van der Waals surface area contributed by atoms with E-state index in [0.717, 1.165) is 24.3 Å². The van der Waals surface area contributed by atoms with Gasteiger partial charge in [0.25, 0.3) is 0 Å². The predicted octanol–water partition coefficient (Wildman–Crippen LogP) is 2.24. The van der Waals surface area contributed by atoms with Crippen LogP contribution in [0.3, 0.4) is 0 Å². The molecule has 0 radical (unpaired) electrons. The maximum atomic E-state index is 12.0. The Kier molecular flexibility index (Phi) is 5.57. The molecule has 2 heterocycles. The van der Waals surface area contributed by atoms with Crippen molar-refractivity contribution in [2.75, 3.05) is 13.1 Å². The standard InChI is InChI=1S/C16H19N3O2.ClH/c1-11(13-7-17-8-13)15(20)18-9-14-10-21-16(19-14)12-5-3-2-4-6-12;/h2-6,10-11,13,17H,7-9H2,1H3,(H,18,20);1H. The van der Waals surface area contributed by atoms with Crippen molar-refractivity contribution >= 4 is 18.3 Å². The van der Waals surface area contributed by atoms with Gasteiger partial charge in [-0.15, -0.1) is 12.4 Å². The highest BCUT2D eigenvalue weighted by Crippen LogP contribution is 2.18. The molecule has 5 nitrogen and oxygen atoms in total. The number of nitrogens with zero attached hydrogens (tertiary/aromatic N) is 1. The van der Waals surface area contributed by atoms with E-state index in [9.17, 15) is 4.79 Å². The zero-order valence-electron chi connectivity index (χ0n) is 12.4. The number of halogens is 1. The number of benzene rings is 1. The van der Waals surface area contributed by atoms with Crippen molar-refractivity contribution in [1.82, 2.24) is 15.6 Å². The van der Waals surface area contributed by atoms with E-state index >= 15 is 0 Å². The largest absolute Gasteiger partial charge is 0.444 e. The van der Waals surface area contributed by atoms with Gasteiger partial charge in [0.15, 0.2) is 0 Å². The van der Waals surface area contributed by atoms with Gasteiger partial charge in [0, 0.05) is 11.5 Å². The summed E-state index contributed by atoms with van der Waals surface area (Å²) in [6, 6.07) is 9.72. The minimum absolute atomic E-state index is 0. The van der Waals surface area contributed by atoms with Crippen LogP contribution in [-0.2, 0) is 11.3 Å². The van der Waals surface area contributed by atoms with Crippen LogP contribution in [-0.4, -0.2) is 24.0 Å². The molecule has 1 atom stereocenters. The first-order valence-electron chi connectivity index (χ1n) is 7.22. The summed E-state index contributed by atoms with van der Waals surface area (Å²) in [6.07, 6.45) is 1.60. The zero-order valence-corrected chi connectivity index (χ0v) is 13.2. The van der Waals surface area contributed by atoms with Crippen molar-refractivity contribution in [2.45, 2.75) is 13.5 Å². The Morgan fingerprint density at radius 3 is 2.77 bits per heavy atom. The van der Waals surface area contributed by atoms with Gasteiger partial charge < -0.3 is 15.1 Å². The van der Waals surface area contributed by atoms with E-state index in [-0.39, 0.29) is 24.2 Å². The van der Waals surface area contributed by atoms with Gasteiger partial charge in [0.1, 0.15) is 6.26 Å².